The van der Waals surface area contributed by atoms with Crippen LogP contribution in [0.4, 0.5) is 0 Å². The van der Waals surface area contributed by atoms with E-state index in [0.717, 1.165) is 0 Å². The van der Waals surface area contributed by atoms with Gasteiger partial charge < -0.3 is 0 Å². The molecule has 2 aromatic carbocycles. The van der Waals surface area contributed by atoms with Crippen molar-refractivity contribution in [1.29, 1.82) is 0 Å². The SMILES string of the molecule is C[SiH](C)[C]([Zr][Cl])(C1C=Cc2ccccc21)C1C=Cc2ccccc21. The predicted octanol–water partition coefficient (Wildman–Crippen LogP) is 6.03. The molecule has 4 rings (SSSR count). The molecule has 3 heteroatoms. The summed E-state index contributed by atoms with van der Waals surface area (Å²) in [7, 11) is 5.95. The Kier molecular flexibility index (Phi) is 4.58. The summed E-state index contributed by atoms with van der Waals surface area (Å²) in [6.07, 6.45) is 9.55. The predicted molar refractivity (Wildman–Crippen MR) is 104 cm³/mol. The van der Waals surface area contributed by atoms with Gasteiger partial charge in [0.1, 0.15) is 0 Å². The first-order chi connectivity index (χ1) is 11.7. The van der Waals surface area contributed by atoms with Crippen molar-refractivity contribution in [3.63, 3.8) is 0 Å². The second-order valence-electron chi connectivity index (χ2n) is 7.11. The molecule has 0 saturated heterocycles. The molecule has 2 atom stereocenters. The van der Waals surface area contributed by atoms with Crippen molar-refractivity contribution < 1.29 is 22.0 Å². The maximum atomic E-state index is 6.95. The molecule has 0 radical (unpaired) electrons. The van der Waals surface area contributed by atoms with Crippen molar-refractivity contribution in [2.75, 3.05) is 0 Å². The zero-order valence-corrected chi connectivity index (χ0v) is 18.4. The maximum absolute atomic E-state index is 6.95. The molecule has 0 spiro atoms. The molecule has 0 nitrogen and oxygen atoms in total. The molecule has 120 valence electrons. The van der Waals surface area contributed by atoms with Crippen LogP contribution in [0.15, 0.2) is 60.7 Å². The topological polar surface area (TPSA) is 0 Å². The van der Waals surface area contributed by atoms with E-state index >= 15 is 0 Å². The molecule has 0 heterocycles. The van der Waals surface area contributed by atoms with Gasteiger partial charge >= 0.3 is 162 Å². The first-order valence-corrected chi connectivity index (χ1v) is 15.9. The van der Waals surface area contributed by atoms with Crippen LogP contribution in [0.2, 0.25) is 15.8 Å². The standard InChI is InChI=1S/C21H21Si.ClH.Zr/c1-22(2)21(19-13-11-15-7-3-5-9-17(15)19)20-14-12-16-8-4-6-10-18(16)20;;/h3-14,19-20,22H,1-2H3;1H;/q;;+1/p-1. The van der Waals surface area contributed by atoms with Crippen LogP contribution >= 0.6 is 8.51 Å². The van der Waals surface area contributed by atoms with E-state index in [-0.39, 0.29) is 2.75 Å². The van der Waals surface area contributed by atoms with E-state index in [1.54, 1.807) is 0 Å². The number of halogens is 1. The van der Waals surface area contributed by atoms with Crippen molar-refractivity contribution in [3.8, 4) is 0 Å². The van der Waals surface area contributed by atoms with Gasteiger partial charge in [0.25, 0.3) is 0 Å². The molecule has 24 heavy (non-hydrogen) atoms. The van der Waals surface area contributed by atoms with Gasteiger partial charge in [-0.3, -0.25) is 0 Å². The minimum absolute atomic E-state index is 0.289. The summed E-state index contributed by atoms with van der Waals surface area (Å²) in [6.45, 7) is 5.01. The molecule has 0 N–H and O–H groups in total. The van der Waals surface area contributed by atoms with Gasteiger partial charge in [0.15, 0.2) is 0 Å². The molecule has 0 aliphatic heterocycles. The van der Waals surface area contributed by atoms with Crippen LogP contribution in [0.3, 0.4) is 0 Å². The Labute approximate surface area is 161 Å². The van der Waals surface area contributed by atoms with Crippen LogP contribution in [0.25, 0.3) is 12.2 Å². The molecule has 2 aliphatic carbocycles. The van der Waals surface area contributed by atoms with Crippen LogP contribution in [-0.4, -0.2) is 8.80 Å². The fraction of sp³-hybridized carbons (Fsp3) is 0.238. The average molecular weight is 428 g/mol. The number of benzene rings is 2. The van der Waals surface area contributed by atoms with Crippen molar-refractivity contribution in [2.24, 2.45) is 0 Å². The van der Waals surface area contributed by atoms with Gasteiger partial charge in [-0.25, -0.2) is 0 Å². The summed E-state index contributed by atoms with van der Waals surface area (Å²) < 4.78 is 0.289. The molecule has 2 aromatic rings. The van der Waals surface area contributed by atoms with E-state index in [9.17, 15) is 0 Å². The molecule has 0 fully saturated rings. The number of allylic oxidation sites excluding steroid dienone is 2. The zero-order chi connectivity index (χ0) is 16.7. The Bertz CT molecular complexity index is 763. The second-order valence-corrected chi connectivity index (χ2v) is 15.5. The van der Waals surface area contributed by atoms with Crippen LogP contribution in [-0.2, 0) is 22.0 Å². The third-order valence-corrected chi connectivity index (χ3v) is 18.8. The monoisotopic (exact) mass is 426 g/mol. The van der Waals surface area contributed by atoms with Crippen molar-refractivity contribution in [3.05, 3.63) is 82.9 Å². The van der Waals surface area contributed by atoms with Gasteiger partial charge in [-0.1, -0.05) is 0 Å². The van der Waals surface area contributed by atoms with Gasteiger partial charge in [-0.05, 0) is 0 Å². The first kappa shape index (κ1) is 16.8. The van der Waals surface area contributed by atoms with E-state index in [1.165, 1.54) is 22.3 Å². The second kappa shape index (κ2) is 6.56. The summed E-state index contributed by atoms with van der Waals surface area (Å²) in [5.41, 5.74) is 5.78. The molecule has 0 amide bonds. The quantitative estimate of drug-likeness (QED) is 0.522. The normalized spacial score (nSPS) is 23.2. The Morgan fingerprint density at radius 2 is 1.29 bits per heavy atom. The number of fused-ring (bicyclic) bond motifs is 2. The zero-order valence-electron chi connectivity index (χ0n) is 14.0. The van der Waals surface area contributed by atoms with Crippen LogP contribution in [0, 0.1) is 0 Å². The summed E-state index contributed by atoms with van der Waals surface area (Å²) in [6, 6.07) is 17.8. The summed E-state index contributed by atoms with van der Waals surface area (Å²) >= 11 is -1.06. The minimum atomic E-state index is -1.06. The summed E-state index contributed by atoms with van der Waals surface area (Å²) in [5, 5.41) is 0. The molecule has 2 unspecified atom stereocenters. The van der Waals surface area contributed by atoms with Crippen molar-refractivity contribution in [2.45, 2.75) is 27.7 Å². The van der Waals surface area contributed by atoms with E-state index < -0.39 is 30.8 Å². The molecule has 2 aliphatic rings. The van der Waals surface area contributed by atoms with Crippen LogP contribution < -0.4 is 0 Å². The molecule has 0 aromatic heterocycles. The van der Waals surface area contributed by atoms with Crippen LogP contribution in [0.5, 0.6) is 0 Å². The molecule has 0 bridgehead atoms. The van der Waals surface area contributed by atoms with Crippen molar-refractivity contribution >= 4 is 29.5 Å². The van der Waals surface area contributed by atoms with Crippen LogP contribution in [0.1, 0.15) is 34.1 Å². The third-order valence-electron chi connectivity index (χ3n) is 5.75. The van der Waals surface area contributed by atoms with Gasteiger partial charge in [0.05, 0.1) is 0 Å². The Balaban J connectivity index is 1.87. The van der Waals surface area contributed by atoms with E-state index in [0.29, 0.717) is 11.8 Å². The van der Waals surface area contributed by atoms with E-state index in [1.807, 2.05) is 0 Å². The Morgan fingerprint density at radius 3 is 1.71 bits per heavy atom. The van der Waals surface area contributed by atoms with Gasteiger partial charge in [-0.15, -0.1) is 0 Å². The summed E-state index contributed by atoms with van der Waals surface area (Å²) in [4.78, 5) is 0. The Morgan fingerprint density at radius 1 is 0.833 bits per heavy atom. The van der Waals surface area contributed by atoms with E-state index in [2.05, 4.69) is 85.9 Å². The average Bonchev–Trinajstić information content (AvgIpc) is 3.22. The van der Waals surface area contributed by atoms with E-state index in [4.69, 9.17) is 8.51 Å². The van der Waals surface area contributed by atoms with Gasteiger partial charge in [0, 0.05) is 0 Å². The molecular formula is C21H21ClSiZr. The Hall–Kier alpha value is -0.690. The van der Waals surface area contributed by atoms with Gasteiger partial charge in [0.2, 0.25) is 0 Å². The number of hydrogen-bond acceptors (Lipinski definition) is 0. The summed E-state index contributed by atoms with van der Waals surface area (Å²) in [5.74, 6) is 0.982. The fourth-order valence-electron chi connectivity index (χ4n) is 4.47. The molecular weight excluding hydrogens is 407 g/mol. The van der Waals surface area contributed by atoms with Gasteiger partial charge in [-0.2, -0.15) is 0 Å². The van der Waals surface area contributed by atoms with Crippen molar-refractivity contribution in [1.82, 2.24) is 0 Å². The molecule has 0 saturated carbocycles. The number of rotatable bonds is 4. The third kappa shape index (κ3) is 2.42. The number of hydrogen-bond donors (Lipinski definition) is 0. The fourth-order valence-corrected chi connectivity index (χ4v) is 15.4. The first-order valence-electron chi connectivity index (χ1n) is 8.60.